The lowest BCUT2D eigenvalue weighted by atomic mass is 9.72. The number of piperidine rings is 1. The minimum absolute atomic E-state index is 0.0311. The predicted octanol–water partition coefficient (Wildman–Crippen LogP) is 6.87. The summed E-state index contributed by atoms with van der Waals surface area (Å²) < 4.78 is 48.2. The molecule has 2 aliphatic carbocycles. The molecule has 0 radical (unpaired) electrons. The number of hydrogen-bond acceptors (Lipinski definition) is 8. The monoisotopic (exact) mass is 724 g/mol. The Bertz CT molecular complexity index is 2150. The first kappa shape index (κ1) is 33.0. The number of amides is 1. The second kappa shape index (κ2) is 11.7. The van der Waals surface area contributed by atoms with E-state index in [1.54, 1.807) is 12.1 Å². The first-order chi connectivity index (χ1) is 25.5. The minimum Gasteiger partial charge on any atom is -0.508 e. The number of halogens is 3. The van der Waals surface area contributed by atoms with Crippen molar-refractivity contribution in [1.82, 2.24) is 19.8 Å². The topological polar surface area (TPSA) is 85.3 Å². The molecule has 4 saturated heterocycles. The van der Waals surface area contributed by atoms with Crippen molar-refractivity contribution in [3.05, 3.63) is 60.7 Å². The average Bonchev–Trinajstić information content (AvgIpc) is 4.02. The molecule has 6 fully saturated rings. The molecule has 9 nitrogen and oxygen atoms in total. The summed E-state index contributed by atoms with van der Waals surface area (Å²) in [7, 11) is 0. The summed E-state index contributed by atoms with van der Waals surface area (Å²) in [5.41, 5.74) is 3.03. The number of benzene rings is 3. The lowest BCUT2D eigenvalue weighted by Gasteiger charge is -2.54. The highest BCUT2D eigenvalue weighted by Crippen LogP contribution is 2.55. The van der Waals surface area contributed by atoms with E-state index in [2.05, 4.69) is 27.3 Å². The third-order valence-electron chi connectivity index (χ3n) is 12.8. The third-order valence-corrected chi connectivity index (χ3v) is 12.8. The normalized spacial score (nSPS) is 22.2. The number of aromatic nitrogens is 2. The maximum atomic E-state index is 14.1. The largest absolute Gasteiger partial charge is 0.508 e. The Balaban J connectivity index is 1.10. The fourth-order valence-corrected chi connectivity index (χ4v) is 9.38. The van der Waals surface area contributed by atoms with Gasteiger partial charge in [0.05, 0.1) is 0 Å². The number of likely N-dealkylation sites (tertiary alicyclic amines) is 2. The number of fused-ring (bicyclic) bond motifs is 2. The molecule has 10 rings (SSSR count). The Labute approximate surface area is 306 Å². The van der Waals surface area contributed by atoms with Crippen molar-refractivity contribution >= 4 is 39.3 Å². The van der Waals surface area contributed by atoms with Crippen molar-refractivity contribution in [2.24, 2.45) is 10.8 Å². The second-order valence-electron chi connectivity index (χ2n) is 16.7. The Morgan fingerprint density at radius 3 is 2.34 bits per heavy atom. The fourth-order valence-electron chi connectivity index (χ4n) is 9.38. The van der Waals surface area contributed by atoms with Crippen molar-refractivity contribution in [2.75, 3.05) is 68.8 Å². The zero-order valence-corrected chi connectivity index (χ0v) is 29.7. The fraction of sp³-hybridized carbons (Fsp3) is 0.488. The van der Waals surface area contributed by atoms with Crippen LogP contribution in [0.4, 0.5) is 24.9 Å². The molecule has 0 bridgehead atoms. The van der Waals surface area contributed by atoms with Crippen LogP contribution in [-0.4, -0.2) is 102 Å². The summed E-state index contributed by atoms with van der Waals surface area (Å²) in [4.78, 5) is 31.4. The number of nitrogens with zero attached hydrogens (tertiary/aromatic N) is 6. The first-order valence-electron chi connectivity index (χ1n) is 19.0. The van der Waals surface area contributed by atoms with Gasteiger partial charge in [0.15, 0.2) is 12.4 Å². The van der Waals surface area contributed by atoms with E-state index in [1.165, 1.54) is 18.9 Å². The van der Waals surface area contributed by atoms with E-state index < -0.39 is 12.8 Å². The Morgan fingerprint density at radius 2 is 1.66 bits per heavy atom. The van der Waals surface area contributed by atoms with E-state index in [1.807, 2.05) is 29.2 Å². The molecule has 276 valence electrons. The van der Waals surface area contributed by atoms with Crippen molar-refractivity contribution < 1.29 is 27.8 Å². The molecule has 1 amide bonds. The molecule has 2 saturated carbocycles. The molecule has 1 N–H and O–H groups in total. The van der Waals surface area contributed by atoms with Crippen LogP contribution in [0.2, 0.25) is 0 Å². The number of phenols is 1. The van der Waals surface area contributed by atoms with Crippen LogP contribution < -0.4 is 14.5 Å². The number of anilines is 2. The van der Waals surface area contributed by atoms with Crippen molar-refractivity contribution in [1.29, 1.82) is 0 Å². The number of aromatic hydroxyl groups is 1. The Morgan fingerprint density at radius 1 is 0.943 bits per heavy atom. The molecule has 2 spiro atoms. The highest BCUT2D eigenvalue weighted by Gasteiger charge is 2.55. The van der Waals surface area contributed by atoms with Gasteiger partial charge in [0.1, 0.15) is 17.1 Å². The number of carbonyl (C=O) groups is 1. The van der Waals surface area contributed by atoms with Gasteiger partial charge >= 0.3 is 6.18 Å². The van der Waals surface area contributed by atoms with Gasteiger partial charge in [0, 0.05) is 74.8 Å². The molecule has 6 aliphatic rings. The van der Waals surface area contributed by atoms with Crippen LogP contribution in [0.15, 0.2) is 55.1 Å². The molecule has 12 heteroatoms. The van der Waals surface area contributed by atoms with Crippen molar-refractivity contribution in [3.8, 4) is 22.6 Å². The maximum absolute atomic E-state index is 14.1. The smallest absolute Gasteiger partial charge is 0.422 e. The molecule has 0 unspecified atom stereocenters. The van der Waals surface area contributed by atoms with E-state index in [4.69, 9.17) is 14.7 Å². The third kappa shape index (κ3) is 5.75. The van der Waals surface area contributed by atoms with E-state index in [-0.39, 0.29) is 28.7 Å². The summed E-state index contributed by atoms with van der Waals surface area (Å²) in [5, 5.41) is 13.2. The minimum atomic E-state index is -4.58. The molecule has 5 heterocycles. The van der Waals surface area contributed by atoms with Gasteiger partial charge in [-0.1, -0.05) is 30.8 Å². The Kier molecular flexibility index (Phi) is 7.30. The summed E-state index contributed by atoms with van der Waals surface area (Å²) in [6, 6.07) is 13.4. The molecule has 4 aliphatic heterocycles. The summed E-state index contributed by atoms with van der Waals surface area (Å²) in [6.07, 6.45) is 2.98. The van der Waals surface area contributed by atoms with Gasteiger partial charge in [-0.25, -0.2) is 4.98 Å². The first-order valence-corrected chi connectivity index (χ1v) is 19.0. The SMILES string of the molecule is C=CC(=O)N1CC2(CCN(c3nc(N4CC(N5CC6(CC6)C5)C4)nc4c(OCC(F)(F)F)c(-c5cc(O)cc6ccccc56)c(C5CC5)cc34)CC2)C1. The van der Waals surface area contributed by atoms with Crippen LogP contribution in [0.1, 0.15) is 50.0 Å². The van der Waals surface area contributed by atoms with Gasteiger partial charge in [0.25, 0.3) is 0 Å². The standard InChI is InChI=1S/C41H43F3N6O3/c1-2-33(52)50-22-40(23-50)11-13-47(14-12-40)37-32-17-30(25-7-8-25)34(31-16-28(51)15-26-5-3-4-6-29(26)31)36(53-24-41(42,43)44)35(32)45-38(46-37)48-18-27(19-48)49-20-39(21-49)9-10-39/h2-6,15-17,25,27,51H,1,7-14,18-24H2. The average molecular weight is 725 g/mol. The molecular weight excluding hydrogens is 681 g/mol. The van der Waals surface area contributed by atoms with Crippen molar-refractivity contribution in [2.45, 2.75) is 56.7 Å². The molecular formula is C41H43F3N6O3. The highest BCUT2D eigenvalue weighted by atomic mass is 19.4. The summed E-state index contributed by atoms with van der Waals surface area (Å²) in [6.45, 7) is 8.80. The Hall–Kier alpha value is -4.58. The predicted molar refractivity (Wildman–Crippen MR) is 198 cm³/mol. The van der Waals surface area contributed by atoms with Crippen LogP contribution in [-0.2, 0) is 4.79 Å². The van der Waals surface area contributed by atoms with Crippen LogP contribution in [0, 0.1) is 10.8 Å². The number of hydrogen-bond donors (Lipinski definition) is 1. The molecule has 0 atom stereocenters. The van der Waals surface area contributed by atoms with Gasteiger partial charge in [-0.2, -0.15) is 18.2 Å². The molecule has 53 heavy (non-hydrogen) atoms. The number of phenolic OH excluding ortho intramolecular Hbond substituents is 1. The lowest BCUT2D eigenvalue weighted by Crippen LogP contribution is -2.66. The maximum Gasteiger partial charge on any atom is 0.422 e. The summed E-state index contributed by atoms with van der Waals surface area (Å²) >= 11 is 0. The van der Waals surface area contributed by atoms with Gasteiger partial charge in [-0.15, -0.1) is 0 Å². The molecule has 1 aromatic heterocycles. The van der Waals surface area contributed by atoms with Crippen LogP contribution in [0.25, 0.3) is 32.8 Å². The number of rotatable bonds is 8. The zero-order valence-electron chi connectivity index (χ0n) is 29.7. The number of ether oxygens (including phenoxy) is 1. The number of alkyl halides is 3. The van der Waals surface area contributed by atoms with Crippen LogP contribution >= 0.6 is 0 Å². The molecule has 3 aromatic carbocycles. The van der Waals surface area contributed by atoms with Gasteiger partial charge < -0.3 is 24.5 Å². The van der Waals surface area contributed by atoms with Gasteiger partial charge in [-0.3, -0.25) is 9.69 Å². The van der Waals surface area contributed by atoms with Gasteiger partial charge in [-0.05, 0) is 96.0 Å². The zero-order chi connectivity index (χ0) is 36.3. The van der Waals surface area contributed by atoms with E-state index >= 15 is 0 Å². The quantitative estimate of drug-likeness (QED) is 0.197. The highest BCUT2D eigenvalue weighted by molar-refractivity contribution is 6.06. The van der Waals surface area contributed by atoms with Crippen LogP contribution in [0.5, 0.6) is 11.5 Å². The molecule has 4 aromatic rings. The van der Waals surface area contributed by atoms with Crippen molar-refractivity contribution in [3.63, 3.8) is 0 Å². The van der Waals surface area contributed by atoms with Crippen LogP contribution in [0.3, 0.4) is 0 Å². The second-order valence-corrected chi connectivity index (χ2v) is 16.7. The van der Waals surface area contributed by atoms with Gasteiger partial charge in [0.2, 0.25) is 11.9 Å². The summed E-state index contributed by atoms with van der Waals surface area (Å²) in [5.74, 6) is 1.42. The number of carbonyl (C=O) groups excluding carboxylic acids is 1. The van der Waals surface area contributed by atoms with E-state index in [9.17, 15) is 23.1 Å². The lowest BCUT2D eigenvalue weighted by molar-refractivity contribution is -0.153. The van der Waals surface area contributed by atoms with E-state index in [0.29, 0.717) is 71.4 Å². The van der Waals surface area contributed by atoms with E-state index in [0.717, 1.165) is 68.2 Å².